The molecule has 0 saturated carbocycles. The number of nitrogens with one attached hydrogen (secondary N) is 1. The Labute approximate surface area is 148 Å². The summed E-state index contributed by atoms with van der Waals surface area (Å²) in [5, 5.41) is 2.78. The van der Waals surface area contributed by atoms with Crippen LogP contribution in [0.1, 0.15) is 11.5 Å². The van der Waals surface area contributed by atoms with E-state index >= 15 is 0 Å². The lowest BCUT2D eigenvalue weighted by molar-refractivity contribution is -0.115. The van der Waals surface area contributed by atoms with E-state index in [0.717, 1.165) is 0 Å². The highest BCUT2D eigenvalue weighted by Gasteiger charge is 2.18. The van der Waals surface area contributed by atoms with E-state index in [0.29, 0.717) is 28.6 Å². The molecule has 0 atom stereocenters. The van der Waals surface area contributed by atoms with Crippen LogP contribution in [-0.2, 0) is 11.2 Å². The Balaban J connectivity index is 1.49. The number of oxazole rings is 1. The second kappa shape index (κ2) is 6.51. The van der Waals surface area contributed by atoms with Crippen LogP contribution < -0.4 is 14.8 Å². The number of carbonyl (C=O) groups is 1. The molecule has 1 amide bonds. The third-order valence-corrected chi connectivity index (χ3v) is 3.98. The molecular formula is C19H15FN2O4. The zero-order valence-electron chi connectivity index (χ0n) is 13.9. The topological polar surface area (TPSA) is 73.6 Å². The van der Waals surface area contributed by atoms with Gasteiger partial charge in [-0.2, -0.15) is 0 Å². The van der Waals surface area contributed by atoms with Gasteiger partial charge < -0.3 is 19.2 Å². The van der Waals surface area contributed by atoms with Gasteiger partial charge in [0, 0.05) is 11.8 Å². The van der Waals surface area contributed by atoms with Crippen molar-refractivity contribution in [3.63, 3.8) is 0 Å². The Hall–Kier alpha value is -3.35. The first-order chi connectivity index (χ1) is 12.6. The number of rotatable bonds is 4. The average Bonchev–Trinajstić information content (AvgIpc) is 3.22. The molecule has 1 aromatic heterocycles. The molecule has 0 spiro atoms. The first-order valence-electron chi connectivity index (χ1n) is 8.01. The lowest BCUT2D eigenvalue weighted by atomic mass is 10.2. The number of hydrogen-bond donors (Lipinski definition) is 1. The van der Waals surface area contributed by atoms with Crippen LogP contribution in [0, 0.1) is 12.7 Å². The van der Waals surface area contributed by atoms with Crippen LogP contribution in [0.15, 0.2) is 46.9 Å². The smallest absolute Gasteiger partial charge is 0.231 e. The zero-order chi connectivity index (χ0) is 18.1. The molecule has 7 heteroatoms. The summed E-state index contributed by atoms with van der Waals surface area (Å²) in [6.07, 6.45) is 0.0121. The molecule has 4 rings (SSSR count). The molecule has 1 aliphatic heterocycles. The van der Waals surface area contributed by atoms with Crippen LogP contribution in [0.2, 0.25) is 0 Å². The summed E-state index contributed by atoms with van der Waals surface area (Å²) in [5.41, 5.74) is 1.31. The van der Waals surface area contributed by atoms with Crippen LogP contribution >= 0.6 is 0 Å². The molecule has 0 saturated heterocycles. The molecule has 0 radical (unpaired) electrons. The normalized spacial score (nSPS) is 12.2. The van der Waals surface area contributed by atoms with E-state index in [1.165, 1.54) is 6.07 Å². The minimum Gasteiger partial charge on any atom is -0.454 e. The van der Waals surface area contributed by atoms with Crippen molar-refractivity contribution in [2.75, 3.05) is 12.1 Å². The predicted octanol–water partition coefficient (Wildman–Crippen LogP) is 3.70. The Morgan fingerprint density at radius 3 is 2.85 bits per heavy atom. The minimum absolute atomic E-state index is 0.0121. The fourth-order valence-corrected chi connectivity index (χ4v) is 2.67. The van der Waals surface area contributed by atoms with Crippen molar-refractivity contribution in [3.8, 4) is 23.0 Å². The molecule has 26 heavy (non-hydrogen) atoms. The van der Waals surface area contributed by atoms with Crippen LogP contribution in [0.4, 0.5) is 10.1 Å². The third kappa shape index (κ3) is 3.11. The van der Waals surface area contributed by atoms with Crippen molar-refractivity contribution in [2.24, 2.45) is 0 Å². The molecular weight excluding hydrogens is 339 g/mol. The molecule has 6 nitrogen and oxygen atoms in total. The maximum atomic E-state index is 13.9. The second-order valence-electron chi connectivity index (χ2n) is 5.79. The monoisotopic (exact) mass is 354 g/mol. The van der Waals surface area contributed by atoms with Crippen molar-refractivity contribution in [2.45, 2.75) is 13.3 Å². The van der Waals surface area contributed by atoms with E-state index in [2.05, 4.69) is 10.3 Å². The summed E-state index contributed by atoms with van der Waals surface area (Å²) in [6, 6.07) is 11.4. The van der Waals surface area contributed by atoms with Crippen molar-refractivity contribution >= 4 is 11.6 Å². The number of amides is 1. The molecule has 3 aromatic rings. The van der Waals surface area contributed by atoms with Gasteiger partial charge in [0.05, 0.1) is 17.7 Å². The van der Waals surface area contributed by atoms with Gasteiger partial charge in [-0.15, -0.1) is 0 Å². The fraction of sp³-hybridized carbons (Fsp3) is 0.158. The highest BCUT2D eigenvalue weighted by atomic mass is 19.1. The van der Waals surface area contributed by atoms with Crippen LogP contribution in [0.5, 0.6) is 11.5 Å². The second-order valence-corrected chi connectivity index (χ2v) is 5.79. The standard InChI is InChI=1S/C19H15FN2O4/c1-11-15(22-19(26-11)13-4-2-3-5-14(13)20)9-18(23)21-12-6-7-16-17(8-12)25-10-24-16/h2-8H,9-10H2,1H3,(H,21,23). The van der Waals surface area contributed by atoms with E-state index in [1.54, 1.807) is 43.3 Å². The van der Waals surface area contributed by atoms with Gasteiger partial charge in [-0.05, 0) is 31.2 Å². The van der Waals surface area contributed by atoms with Gasteiger partial charge in [-0.1, -0.05) is 12.1 Å². The summed E-state index contributed by atoms with van der Waals surface area (Å²) in [5.74, 6) is 1.17. The third-order valence-electron chi connectivity index (χ3n) is 3.98. The van der Waals surface area contributed by atoms with E-state index in [-0.39, 0.29) is 30.6 Å². The molecule has 0 aliphatic carbocycles. The number of halogens is 1. The van der Waals surface area contributed by atoms with Gasteiger partial charge in [0.15, 0.2) is 11.5 Å². The number of anilines is 1. The highest BCUT2D eigenvalue weighted by molar-refractivity contribution is 5.92. The number of nitrogens with zero attached hydrogens (tertiary/aromatic N) is 1. The summed E-state index contributed by atoms with van der Waals surface area (Å²) in [6.45, 7) is 1.87. The summed E-state index contributed by atoms with van der Waals surface area (Å²) >= 11 is 0. The number of benzene rings is 2. The number of fused-ring (bicyclic) bond motifs is 1. The number of aromatic nitrogens is 1. The van der Waals surface area contributed by atoms with Gasteiger partial charge >= 0.3 is 0 Å². The molecule has 0 bridgehead atoms. The van der Waals surface area contributed by atoms with Gasteiger partial charge in [-0.25, -0.2) is 9.37 Å². The Kier molecular flexibility index (Phi) is 4.04. The van der Waals surface area contributed by atoms with E-state index < -0.39 is 5.82 Å². The maximum Gasteiger partial charge on any atom is 0.231 e. The van der Waals surface area contributed by atoms with Crippen molar-refractivity contribution in [1.82, 2.24) is 4.98 Å². The van der Waals surface area contributed by atoms with Crippen molar-refractivity contribution in [3.05, 3.63) is 59.7 Å². The Morgan fingerprint density at radius 2 is 2.00 bits per heavy atom. The number of ether oxygens (including phenoxy) is 2. The molecule has 1 aliphatic rings. The lowest BCUT2D eigenvalue weighted by Gasteiger charge is -2.05. The molecule has 132 valence electrons. The van der Waals surface area contributed by atoms with Gasteiger partial charge in [0.1, 0.15) is 11.6 Å². The van der Waals surface area contributed by atoms with Gasteiger partial charge in [-0.3, -0.25) is 4.79 Å². The predicted molar refractivity (Wildman–Crippen MR) is 91.5 cm³/mol. The summed E-state index contributed by atoms with van der Waals surface area (Å²) < 4.78 is 29.9. The van der Waals surface area contributed by atoms with E-state index in [4.69, 9.17) is 13.9 Å². The van der Waals surface area contributed by atoms with Crippen molar-refractivity contribution < 1.29 is 23.1 Å². The molecule has 1 N–H and O–H groups in total. The van der Waals surface area contributed by atoms with E-state index in [1.807, 2.05) is 0 Å². The van der Waals surface area contributed by atoms with Crippen LogP contribution in [0.3, 0.4) is 0 Å². The Bertz CT molecular complexity index is 983. The minimum atomic E-state index is -0.426. The highest BCUT2D eigenvalue weighted by Crippen LogP contribution is 2.34. The van der Waals surface area contributed by atoms with Crippen LogP contribution in [0.25, 0.3) is 11.5 Å². The SMILES string of the molecule is Cc1oc(-c2ccccc2F)nc1CC(=O)Nc1ccc2c(c1)OCO2. The van der Waals surface area contributed by atoms with Crippen molar-refractivity contribution in [1.29, 1.82) is 0 Å². The lowest BCUT2D eigenvalue weighted by Crippen LogP contribution is -2.15. The maximum absolute atomic E-state index is 13.9. The summed E-state index contributed by atoms with van der Waals surface area (Å²) in [7, 11) is 0. The molecule has 0 fully saturated rings. The first-order valence-corrected chi connectivity index (χ1v) is 8.01. The summed E-state index contributed by atoms with van der Waals surface area (Å²) in [4.78, 5) is 16.6. The number of hydrogen-bond acceptors (Lipinski definition) is 5. The van der Waals surface area contributed by atoms with E-state index in [9.17, 15) is 9.18 Å². The van der Waals surface area contributed by atoms with Gasteiger partial charge in [0.2, 0.25) is 18.6 Å². The molecule has 2 heterocycles. The van der Waals surface area contributed by atoms with Crippen LogP contribution in [-0.4, -0.2) is 17.7 Å². The fourth-order valence-electron chi connectivity index (χ4n) is 2.67. The number of aryl methyl sites for hydroxylation is 1. The van der Waals surface area contributed by atoms with Gasteiger partial charge in [0.25, 0.3) is 0 Å². The Morgan fingerprint density at radius 1 is 1.19 bits per heavy atom. The largest absolute Gasteiger partial charge is 0.454 e. The first kappa shape index (κ1) is 16.1. The molecule has 0 unspecified atom stereocenters. The molecule has 2 aromatic carbocycles. The quantitative estimate of drug-likeness (QED) is 0.773. The zero-order valence-corrected chi connectivity index (χ0v) is 13.9. The number of carbonyl (C=O) groups excluding carboxylic acids is 1. The average molecular weight is 354 g/mol.